The molecule has 1 saturated heterocycles. The molecule has 0 saturated carbocycles. The number of likely N-dealkylation sites (tertiary alicyclic amines) is 1. The number of hydrogen-bond acceptors (Lipinski definition) is 5. The lowest BCUT2D eigenvalue weighted by molar-refractivity contribution is -0.153. The van der Waals surface area contributed by atoms with Gasteiger partial charge in [-0.15, -0.1) is 0 Å². The normalized spacial score (nSPS) is 17.2. The molecule has 3 atom stereocenters. The number of carbonyl (C=O) groups is 2. The van der Waals surface area contributed by atoms with Crippen LogP contribution in [0.25, 0.3) is 11.1 Å². The predicted octanol–water partition coefficient (Wildman–Crippen LogP) is 2.64. The zero-order chi connectivity index (χ0) is 24.1. The Labute approximate surface area is 198 Å². The van der Waals surface area contributed by atoms with Crippen molar-refractivity contribution in [2.45, 2.75) is 37.6 Å². The third kappa shape index (κ3) is 5.11. The lowest BCUT2D eigenvalue weighted by Crippen LogP contribution is -2.50. The SMILES string of the molecule is Nc1ccccc1-c1ccc(CNC(=O)[C@H](O)[C@@H](O)C(=O)N2CCC[C@@H]2c2ccccc2)cc1. The first kappa shape index (κ1) is 23.5. The second-order valence-corrected chi connectivity index (χ2v) is 8.49. The maximum atomic E-state index is 12.9. The number of carbonyl (C=O) groups excluding carboxylic acids is 2. The van der Waals surface area contributed by atoms with Crippen LogP contribution >= 0.6 is 0 Å². The van der Waals surface area contributed by atoms with Crippen LogP contribution in [0.3, 0.4) is 0 Å². The number of nitrogens with one attached hydrogen (secondary N) is 1. The van der Waals surface area contributed by atoms with Crippen LogP contribution in [-0.4, -0.2) is 45.7 Å². The van der Waals surface area contributed by atoms with Gasteiger partial charge in [0.15, 0.2) is 12.2 Å². The van der Waals surface area contributed by atoms with E-state index in [0.29, 0.717) is 12.2 Å². The molecule has 5 N–H and O–H groups in total. The van der Waals surface area contributed by atoms with Crippen molar-refractivity contribution < 1.29 is 19.8 Å². The van der Waals surface area contributed by atoms with E-state index >= 15 is 0 Å². The number of rotatable bonds is 7. The van der Waals surface area contributed by atoms with Gasteiger partial charge in [-0.1, -0.05) is 72.8 Å². The summed E-state index contributed by atoms with van der Waals surface area (Å²) in [5.41, 5.74) is 10.4. The average molecular weight is 460 g/mol. The van der Waals surface area contributed by atoms with Crippen LogP contribution in [-0.2, 0) is 16.1 Å². The summed E-state index contributed by atoms with van der Waals surface area (Å²) in [6.07, 6.45) is -2.11. The maximum Gasteiger partial charge on any atom is 0.255 e. The highest BCUT2D eigenvalue weighted by atomic mass is 16.3. The lowest BCUT2D eigenvalue weighted by Gasteiger charge is -2.28. The van der Waals surface area contributed by atoms with Crippen molar-refractivity contribution in [3.8, 4) is 11.1 Å². The third-order valence-corrected chi connectivity index (χ3v) is 6.23. The Balaban J connectivity index is 1.34. The number of nitrogens with zero attached hydrogens (tertiary/aromatic N) is 1. The zero-order valence-electron chi connectivity index (χ0n) is 18.8. The van der Waals surface area contributed by atoms with E-state index in [1.165, 1.54) is 0 Å². The molecule has 7 heteroatoms. The van der Waals surface area contributed by atoms with Gasteiger partial charge in [0.1, 0.15) is 0 Å². The van der Waals surface area contributed by atoms with Crippen LogP contribution in [0.5, 0.6) is 0 Å². The van der Waals surface area contributed by atoms with Gasteiger partial charge in [0.25, 0.3) is 11.8 Å². The van der Waals surface area contributed by atoms with E-state index < -0.39 is 24.0 Å². The van der Waals surface area contributed by atoms with Gasteiger partial charge in [-0.2, -0.15) is 0 Å². The van der Waals surface area contributed by atoms with E-state index in [9.17, 15) is 19.8 Å². The monoisotopic (exact) mass is 459 g/mol. The molecule has 0 aromatic heterocycles. The zero-order valence-corrected chi connectivity index (χ0v) is 18.8. The molecular weight excluding hydrogens is 430 g/mol. The van der Waals surface area contributed by atoms with Gasteiger partial charge in [-0.05, 0) is 35.6 Å². The Hall–Kier alpha value is -3.68. The summed E-state index contributed by atoms with van der Waals surface area (Å²) >= 11 is 0. The first-order chi connectivity index (χ1) is 16.5. The Morgan fingerprint density at radius 1 is 0.941 bits per heavy atom. The molecule has 3 aromatic carbocycles. The summed E-state index contributed by atoms with van der Waals surface area (Å²) in [5.74, 6) is -1.44. The molecule has 1 aliphatic rings. The van der Waals surface area contributed by atoms with Crippen molar-refractivity contribution >= 4 is 17.5 Å². The lowest BCUT2D eigenvalue weighted by atomic mass is 10.0. The highest BCUT2D eigenvalue weighted by molar-refractivity contribution is 5.91. The molecule has 4 rings (SSSR count). The topological polar surface area (TPSA) is 116 Å². The number of hydrogen-bond donors (Lipinski definition) is 4. The summed E-state index contributed by atoms with van der Waals surface area (Å²) < 4.78 is 0. The molecule has 1 aliphatic heterocycles. The minimum atomic E-state index is -1.85. The number of benzene rings is 3. The Morgan fingerprint density at radius 3 is 2.32 bits per heavy atom. The molecule has 1 heterocycles. The van der Waals surface area contributed by atoms with Gasteiger partial charge >= 0.3 is 0 Å². The number of nitrogen functional groups attached to an aromatic ring is 1. The van der Waals surface area contributed by atoms with Gasteiger partial charge in [0.05, 0.1) is 6.04 Å². The van der Waals surface area contributed by atoms with E-state index in [1.807, 2.05) is 78.9 Å². The second-order valence-electron chi connectivity index (χ2n) is 8.49. The molecule has 0 spiro atoms. The smallest absolute Gasteiger partial charge is 0.255 e. The van der Waals surface area contributed by atoms with Crippen LogP contribution in [0.1, 0.15) is 30.0 Å². The van der Waals surface area contributed by atoms with E-state index in [-0.39, 0.29) is 12.6 Å². The van der Waals surface area contributed by atoms with E-state index in [0.717, 1.165) is 35.1 Å². The first-order valence-corrected chi connectivity index (χ1v) is 11.4. The molecule has 0 unspecified atom stereocenters. The summed E-state index contributed by atoms with van der Waals surface area (Å²) in [6, 6.07) is 24.5. The summed E-state index contributed by atoms with van der Waals surface area (Å²) in [4.78, 5) is 26.9. The minimum absolute atomic E-state index is 0.151. The Bertz CT molecular complexity index is 1130. The Morgan fingerprint density at radius 2 is 1.62 bits per heavy atom. The molecule has 176 valence electrons. The molecule has 3 aromatic rings. The fourth-order valence-electron chi connectivity index (χ4n) is 4.36. The second kappa shape index (κ2) is 10.5. The maximum absolute atomic E-state index is 12.9. The van der Waals surface area contributed by atoms with E-state index in [4.69, 9.17) is 5.73 Å². The number of aliphatic hydroxyl groups is 2. The summed E-state index contributed by atoms with van der Waals surface area (Å²) in [6.45, 7) is 0.625. The van der Waals surface area contributed by atoms with Gasteiger partial charge in [-0.3, -0.25) is 9.59 Å². The van der Waals surface area contributed by atoms with Crippen LogP contribution in [0.15, 0.2) is 78.9 Å². The van der Waals surface area contributed by atoms with Crippen molar-refractivity contribution in [3.63, 3.8) is 0 Å². The van der Waals surface area contributed by atoms with Crippen molar-refractivity contribution in [3.05, 3.63) is 90.0 Å². The predicted molar refractivity (Wildman–Crippen MR) is 130 cm³/mol. The number of nitrogens with two attached hydrogens (primary N) is 1. The van der Waals surface area contributed by atoms with Crippen molar-refractivity contribution in [2.24, 2.45) is 0 Å². The van der Waals surface area contributed by atoms with Crippen LogP contribution in [0.2, 0.25) is 0 Å². The molecule has 0 bridgehead atoms. The van der Waals surface area contributed by atoms with Crippen LogP contribution < -0.4 is 11.1 Å². The molecule has 34 heavy (non-hydrogen) atoms. The standard InChI is InChI=1S/C27H29N3O4/c28-22-10-5-4-9-21(22)19-14-12-18(13-15-19)17-29-26(33)24(31)25(32)27(34)30-16-6-11-23(30)20-7-2-1-3-8-20/h1-5,7-10,12-15,23-25,31-32H,6,11,16-17,28H2,(H,29,33)/t23-,24-,25-/m1/s1. The number of amides is 2. The van der Waals surface area contributed by atoms with Gasteiger partial charge in [0.2, 0.25) is 0 Å². The largest absolute Gasteiger partial charge is 0.398 e. The molecule has 0 aliphatic carbocycles. The quantitative estimate of drug-likeness (QED) is 0.406. The van der Waals surface area contributed by atoms with E-state index in [2.05, 4.69) is 5.32 Å². The summed E-state index contributed by atoms with van der Waals surface area (Å²) in [7, 11) is 0. The average Bonchev–Trinajstić information content (AvgIpc) is 3.37. The Kier molecular flexibility index (Phi) is 7.25. The molecule has 7 nitrogen and oxygen atoms in total. The highest BCUT2D eigenvalue weighted by Crippen LogP contribution is 2.32. The van der Waals surface area contributed by atoms with Crippen molar-refractivity contribution in [2.75, 3.05) is 12.3 Å². The van der Waals surface area contributed by atoms with Crippen LogP contribution in [0.4, 0.5) is 5.69 Å². The fourth-order valence-corrected chi connectivity index (χ4v) is 4.36. The first-order valence-electron chi connectivity index (χ1n) is 11.4. The number of aliphatic hydroxyl groups excluding tert-OH is 2. The molecule has 2 amide bonds. The van der Waals surface area contributed by atoms with Crippen molar-refractivity contribution in [1.29, 1.82) is 0 Å². The van der Waals surface area contributed by atoms with Crippen molar-refractivity contribution in [1.82, 2.24) is 10.2 Å². The molecule has 0 radical (unpaired) electrons. The summed E-state index contributed by atoms with van der Waals surface area (Å²) in [5, 5.41) is 23.4. The molecule has 1 fully saturated rings. The van der Waals surface area contributed by atoms with Crippen LogP contribution in [0, 0.1) is 0 Å². The highest BCUT2D eigenvalue weighted by Gasteiger charge is 2.38. The van der Waals surface area contributed by atoms with Gasteiger partial charge in [0, 0.05) is 24.3 Å². The third-order valence-electron chi connectivity index (χ3n) is 6.23. The van der Waals surface area contributed by atoms with Gasteiger partial charge < -0.3 is 26.2 Å². The minimum Gasteiger partial charge on any atom is -0.398 e. The van der Waals surface area contributed by atoms with Gasteiger partial charge in [-0.25, -0.2) is 0 Å². The number of anilines is 1. The fraction of sp³-hybridized carbons (Fsp3) is 0.259. The molecular formula is C27H29N3O4. The number of para-hydroxylation sites is 1. The van der Waals surface area contributed by atoms with E-state index in [1.54, 1.807) is 4.90 Å².